The van der Waals surface area contributed by atoms with Crippen LogP contribution >= 0.6 is 0 Å². The molecule has 5 heterocycles. The number of pyridine rings is 2. The first kappa shape index (κ1) is 24.6. The lowest BCUT2D eigenvalue weighted by molar-refractivity contribution is 0.0810. The fourth-order valence-electron chi connectivity index (χ4n) is 5.50. The number of benzene rings is 1. The molecule has 3 aromatic heterocycles. The quantitative estimate of drug-likeness (QED) is 0.377. The third kappa shape index (κ3) is 5.13. The van der Waals surface area contributed by atoms with Gasteiger partial charge in [-0.15, -0.1) is 0 Å². The number of carbonyl (C=O) groups excluding carboxylic acids is 1. The maximum Gasteiger partial charge on any atom is 0.257 e. The molecule has 2 aliphatic rings. The van der Waals surface area contributed by atoms with Gasteiger partial charge in [-0.2, -0.15) is 0 Å². The minimum absolute atomic E-state index is 0.119. The Labute approximate surface area is 223 Å². The summed E-state index contributed by atoms with van der Waals surface area (Å²) in [6, 6.07) is 12.2. The smallest absolute Gasteiger partial charge is 0.257 e. The van der Waals surface area contributed by atoms with Crippen LogP contribution in [0.4, 0.5) is 5.82 Å². The fraction of sp³-hybridized carbons (Fsp3) is 0.400. The Morgan fingerprint density at radius 3 is 2.68 bits per heavy atom. The van der Waals surface area contributed by atoms with E-state index in [9.17, 15) is 4.79 Å². The van der Waals surface area contributed by atoms with E-state index in [1.807, 2.05) is 12.3 Å². The van der Waals surface area contributed by atoms with Crippen LogP contribution in [0.2, 0.25) is 0 Å². The van der Waals surface area contributed by atoms with Gasteiger partial charge in [0, 0.05) is 67.1 Å². The zero-order chi connectivity index (χ0) is 26.1. The number of amides is 1. The molecule has 1 aromatic carbocycles. The molecule has 0 unspecified atom stereocenters. The highest BCUT2D eigenvalue weighted by Crippen LogP contribution is 2.29. The summed E-state index contributed by atoms with van der Waals surface area (Å²) in [5.74, 6) is 1.92. The normalized spacial score (nSPS) is 16.5. The Hall–Kier alpha value is -3.78. The van der Waals surface area contributed by atoms with Gasteiger partial charge in [-0.25, -0.2) is 15.0 Å². The lowest BCUT2D eigenvalue weighted by Crippen LogP contribution is -2.41. The number of rotatable bonds is 6. The second-order valence-electron chi connectivity index (χ2n) is 10.6. The van der Waals surface area contributed by atoms with Crippen molar-refractivity contribution in [3.05, 3.63) is 66.4 Å². The lowest BCUT2D eigenvalue weighted by Gasteiger charge is -2.34. The van der Waals surface area contributed by atoms with Crippen molar-refractivity contribution in [3.8, 4) is 17.1 Å². The van der Waals surface area contributed by atoms with E-state index in [1.54, 1.807) is 24.5 Å². The van der Waals surface area contributed by atoms with E-state index in [0.717, 1.165) is 66.8 Å². The molecular formula is C30H34N6O2. The standard InChI is InChI=1S/C30H34N6O2/c1-20(2)35-13-9-25(10-14-35)38-29-17-22(8-11-31-29)30(37)34-27-16-24-15-21(6-7-23(24)18-32-27)26-19-33-28-5-3-4-12-36(26)28/h6-8,11,15-20,25H,3-5,9-10,12-14H2,1-2H3,(H,32,34,37). The van der Waals surface area contributed by atoms with Crippen molar-refractivity contribution >= 4 is 22.5 Å². The number of imidazole rings is 1. The molecule has 1 N–H and O–H groups in total. The summed E-state index contributed by atoms with van der Waals surface area (Å²) in [6.07, 6.45) is 10.9. The third-order valence-corrected chi connectivity index (χ3v) is 7.72. The molecule has 2 aliphatic heterocycles. The van der Waals surface area contributed by atoms with Crippen LogP contribution in [-0.2, 0) is 13.0 Å². The number of aryl methyl sites for hydroxylation is 1. The average molecular weight is 511 g/mol. The number of anilines is 1. The van der Waals surface area contributed by atoms with Gasteiger partial charge in [-0.3, -0.25) is 4.79 Å². The van der Waals surface area contributed by atoms with Crippen molar-refractivity contribution in [2.24, 2.45) is 0 Å². The van der Waals surface area contributed by atoms with E-state index in [1.165, 1.54) is 12.8 Å². The van der Waals surface area contributed by atoms with Gasteiger partial charge in [0.2, 0.25) is 5.88 Å². The van der Waals surface area contributed by atoms with E-state index >= 15 is 0 Å². The van der Waals surface area contributed by atoms with Gasteiger partial charge < -0.3 is 19.5 Å². The molecule has 0 radical (unpaired) electrons. The Balaban J connectivity index is 1.16. The number of nitrogens with zero attached hydrogens (tertiary/aromatic N) is 5. The number of carbonyl (C=O) groups is 1. The van der Waals surface area contributed by atoms with E-state index in [4.69, 9.17) is 4.74 Å². The highest BCUT2D eigenvalue weighted by molar-refractivity contribution is 6.04. The number of hydrogen-bond donors (Lipinski definition) is 1. The number of aromatic nitrogens is 4. The number of hydrogen-bond acceptors (Lipinski definition) is 6. The summed E-state index contributed by atoms with van der Waals surface area (Å²) >= 11 is 0. The summed E-state index contributed by atoms with van der Waals surface area (Å²) in [4.78, 5) is 29.0. The van der Waals surface area contributed by atoms with E-state index in [-0.39, 0.29) is 12.0 Å². The summed E-state index contributed by atoms with van der Waals surface area (Å²) in [6.45, 7) is 7.48. The first-order valence-electron chi connectivity index (χ1n) is 13.7. The number of fused-ring (bicyclic) bond motifs is 2. The van der Waals surface area contributed by atoms with Crippen LogP contribution in [0.5, 0.6) is 5.88 Å². The molecule has 0 spiro atoms. The number of nitrogens with one attached hydrogen (secondary N) is 1. The molecule has 6 rings (SSSR count). The molecule has 1 amide bonds. The summed E-state index contributed by atoms with van der Waals surface area (Å²) in [5.41, 5.74) is 2.76. The molecule has 1 saturated heterocycles. The summed E-state index contributed by atoms with van der Waals surface area (Å²) in [7, 11) is 0. The minimum atomic E-state index is -0.236. The van der Waals surface area contributed by atoms with E-state index in [2.05, 4.69) is 61.8 Å². The summed E-state index contributed by atoms with van der Waals surface area (Å²) in [5, 5.41) is 4.99. The van der Waals surface area contributed by atoms with Crippen LogP contribution in [0.25, 0.3) is 22.0 Å². The van der Waals surface area contributed by atoms with Gasteiger partial charge in [0.25, 0.3) is 5.91 Å². The van der Waals surface area contributed by atoms with E-state index < -0.39 is 0 Å². The maximum absolute atomic E-state index is 13.1. The molecule has 8 heteroatoms. The number of piperidine rings is 1. The predicted octanol–water partition coefficient (Wildman–Crippen LogP) is 5.33. The minimum Gasteiger partial charge on any atom is -0.474 e. The molecular weight excluding hydrogens is 476 g/mol. The van der Waals surface area contributed by atoms with Crippen molar-refractivity contribution in [3.63, 3.8) is 0 Å². The first-order valence-corrected chi connectivity index (χ1v) is 13.7. The molecule has 38 heavy (non-hydrogen) atoms. The van der Waals surface area contributed by atoms with Crippen molar-refractivity contribution in [2.45, 2.75) is 64.6 Å². The number of ether oxygens (including phenoxy) is 1. The van der Waals surface area contributed by atoms with Gasteiger partial charge in [0.15, 0.2) is 0 Å². The maximum atomic E-state index is 13.1. The average Bonchev–Trinajstić information content (AvgIpc) is 3.37. The Morgan fingerprint density at radius 1 is 0.974 bits per heavy atom. The lowest BCUT2D eigenvalue weighted by atomic mass is 10.1. The Kier molecular flexibility index (Phi) is 6.81. The van der Waals surface area contributed by atoms with Crippen LogP contribution in [0.15, 0.2) is 55.0 Å². The van der Waals surface area contributed by atoms with Gasteiger partial charge >= 0.3 is 0 Å². The third-order valence-electron chi connectivity index (χ3n) is 7.72. The van der Waals surface area contributed by atoms with Crippen molar-refractivity contribution in [2.75, 3.05) is 18.4 Å². The molecule has 1 fully saturated rings. The second-order valence-corrected chi connectivity index (χ2v) is 10.6. The van der Waals surface area contributed by atoms with Crippen LogP contribution in [0.3, 0.4) is 0 Å². The van der Waals surface area contributed by atoms with Gasteiger partial charge in [-0.05, 0) is 63.1 Å². The molecule has 4 aromatic rings. The second kappa shape index (κ2) is 10.5. The SMILES string of the molecule is CC(C)N1CCC(Oc2cc(C(=O)Nc3cc4cc(-c5cnc6n5CCCC6)ccc4cn3)ccn2)CC1. The van der Waals surface area contributed by atoms with Crippen molar-refractivity contribution < 1.29 is 9.53 Å². The van der Waals surface area contributed by atoms with Crippen LogP contribution in [0.1, 0.15) is 55.7 Å². The van der Waals surface area contributed by atoms with Crippen molar-refractivity contribution in [1.82, 2.24) is 24.4 Å². The van der Waals surface area contributed by atoms with Gasteiger partial charge in [0.1, 0.15) is 17.7 Å². The van der Waals surface area contributed by atoms with Crippen LogP contribution in [-0.4, -0.2) is 55.6 Å². The molecule has 0 atom stereocenters. The molecule has 196 valence electrons. The Morgan fingerprint density at radius 2 is 1.84 bits per heavy atom. The fourth-order valence-corrected chi connectivity index (χ4v) is 5.50. The molecule has 0 saturated carbocycles. The first-order chi connectivity index (χ1) is 18.5. The summed E-state index contributed by atoms with van der Waals surface area (Å²) < 4.78 is 8.45. The molecule has 8 nitrogen and oxygen atoms in total. The van der Waals surface area contributed by atoms with Crippen LogP contribution < -0.4 is 10.1 Å². The highest BCUT2D eigenvalue weighted by atomic mass is 16.5. The topological polar surface area (TPSA) is 85.2 Å². The largest absolute Gasteiger partial charge is 0.474 e. The predicted molar refractivity (Wildman–Crippen MR) is 148 cm³/mol. The van der Waals surface area contributed by atoms with Gasteiger partial charge in [0.05, 0.1) is 11.9 Å². The monoisotopic (exact) mass is 510 g/mol. The Bertz CT molecular complexity index is 1450. The van der Waals surface area contributed by atoms with Gasteiger partial charge in [-0.1, -0.05) is 12.1 Å². The van der Waals surface area contributed by atoms with Crippen molar-refractivity contribution in [1.29, 1.82) is 0 Å². The molecule has 0 bridgehead atoms. The van der Waals surface area contributed by atoms with E-state index in [0.29, 0.717) is 23.3 Å². The van der Waals surface area contributed by atoms with Crippen LogP contribution in [0, 0.1) is 0 Å². The molecule has 0 aliphatic carbocycles. The zero-order valence-electron chi connectivity index (χ0n) is 22.1. The highest BCUT2D eigenvalue weighted by Gasteiger charge is 2.23. The zero-order valence-corrected chi connectivity index (χ0v) is 22.1. The number of likely N-dealkylation sites (tertiary alicyclic amines) is 1.